The van der Waals surface area contributed by atoms with Gasteiger partial charge < -0.3 is 15.5 Å². The molecule has 1 aliphatic rings. The molecule has 3 nitrogen and oxygen atoms in total. The Hall–Kier alpha value is -1.06. The third kappa shape index (κ3) is 2.85. The van der Waals surface area contributed by atoms with Gasteiger partial charge in [0.15, 0.2) is 0 Å². The molecule has 2 rings (SSSR count). The van der Waals surface area contributed by atoms with Gasteiger partial charge in [-0.25, -0.2) is 0 Å². The van der Waals surface area contributed by atoms with Crippen molar-refractivity contribution in [1.82, 2.24) is 5.32 Å². The van der Waals surface area contributed by atoms with Crippen LogP contribution in [0.1, 0.15) is 44.2 Å². The van der Waals surface area contributed by atoms with Crippen LogP contribution in [0, 0.1) is 5.92 Å². The monoisotopic (exact) mass is 249 g/mol. The summed E-state index contributed by atoms with van der Waals surface area (Å²) in [4.78, 5) is 0. The molecule has 3 unspecified atom stereocenters. The van der Waals surface area contributed by atoms with Crippen molar-refractivity contribution in [2.75, 3.05) is 6.61 Å². The zero-order valence-electron chi connectivity index (χ0n) is 11.0. The second-order valence-electron chi connectivity index (χ2n) is 5.17. The van der Waals surface area contributed by atoms with Gasteiger partial charge in [0.2, 0.25) is 0 Å². The minimum absolute atomic E-state index is 0.170. The maximum absolute atomic E-state index is 9.92. The molecule has 3 atom stereocenters. The van der Waals surface area contributed by atoms with Crippen molar-refractivity contribution >= 4 is 0 Å². The van der Waals surface area contributed by atoms with E-state index in [2.05, 4.69) is 12.2 Å². The molecule has 0 heterocycles. The van der Waals surface area contributed by atoms with Crippen LogP contribution in [0.4, 0.5) is 0 Å². The molecule has 3 heteroatoms. The average molecular weight is 249 g/mol. The quantitative estimate of drug-likeness (QED) is 0.752. The number of aromatic hydroxyl groups is 1. The Morgan fingerprint density at radius 3 is 2.78 bits per heavy atom. The minimum Gasteiger partial charge on any atom is -0.508 e. The number of phenols is 1. The highest BCUT2D eigenvalue weighted by molar-refractivity contribution is 5.34. The fourth-order valence-electron chi connectivity index (χ4n) is 2.94. The van der Waals surface area contributed by atoms with Crippen LogP contribution < -0.4 is 5.32 Å². The summed E-state index contributed by atoms with van der Waals surface area (Å²) in [6, 6.07) is 8.05. The smallest absolute Gasteiger partial charge is 0.120 e. The van der Waals surface area contributed by atoms with Gasteiger partial charge in [0.05, 0.1) is 0 Å². The Morgan fingerprint density at radius 1 is 1.33 bits per heavy atom. The van der Waals surface area contributed by atoms with E-state index in [0.29, 0.717) is 17.7 Å². The summed E-state index contributed by atoms with van der Waals surface area (Å²) in [6.45, 7) is 2.38. The Labute approximate surface area is 109 Å². The van der Waals surface area contributed by atoms with E-state index in [1.807, 2.05) is 18.2 Å². The number of aliphatic hydroxyl groups is 1. The predicted octanol–water partition coefficient (Wildman–Crippen LogP) is 2.59. The molecule has 0 aromatic heterocycles. The lowest BCUT2D eigenvalue weighted by Gasteiger charge is -2.26. The molecular formula is C15H23NO2. The fraction of sp³-hybridized carbons (Fsp3) is 0.600. The van der Waals surface area contributed by atoms with E-state index in [1.165, 1.54) is 6.42 Å². The van der Waals surface area contributed by atoms with Crippen molar-refractivity contribution in [2.24, 2.45) is 5.92 Å². The number of rotatable bonds is 5. The van der Waals surface area contributed by atoms with Crippen molar-refractivity contribution in [2.45, 2.75) is 44.7 Å². The molecule has 1 aromatic carbocycles. The van der Waals surface area contributed by atoms with E-state index in [4.69, 9.17) is 0 Å². The third-order valence-corrected chi connectivity index (χ3v) is 4.03. The predicted molar refractivity (Wildman–Crippen MR) is 72.5 cm³/mol. The molecule has 0 amide bonds. The molecule has 1 fully saturated rings. The zero-order valence-corrected chi connectivity index (χ0v) is 11.0. The Morgan fingerprint density at radius 2 is 2.11 bits per heavy atom. The van der Waals surface area contributed by atoms with Gasteiger partial charge in [-0.05, 0) is 31.2 Å². The first-order valence-electron chi connectivity index (χ1n) is 6.91. The molecule has 0 radical (unpaired) electrons. The molecule has 18 heavy (non-hydrogen) atoms. The van der Waals surface area contributed by atoms with Crippen molar-refractivity contribution in [3.8, 4) is 5.75 Å². The number of hydrogen-bond acceptors (Lipinski definition) is 3. The van der Waals surface area contributed by atoms with Crippen molar-refractivity contribution in [1.29, 1.82) is 0 Å². The van der Waals surface area contributed by atoms with Gasteiger partial charge in [-0.2, -0.15) is 0 Å². The second-order valence-corrected chi connectivity index (χ2v) is 5.17. The summed E-state index contributed by atoms with van der Waals surface area (Å²) < 4.78 is 0. The Kier molecular flexibility index (Phi) is 4.61. The lowest BCUT2D eigenvalue weighted by molar-refractivity contribution is 0.198. The van der Waals surface area contributed by atoms with Crippen LogP contribution in [0.2, 0.25) is 0 Å². The van der Waals surface area contributed by atoms with Gasteiger partial charge in [0.1, 0.15) is 5.75 Å². The second kappa shape index (κ2) is 6.21. The van der Waals surface area contributed by atoms with E-state index < -0.39 is 0 Å². The minimum atomic E-state index is 0.170. The summed E-state index contributed by atoms with van der Waals surface area (Å²) in [6.07, 6.45) is 4.34. The lowest BCUT2D eigenvalue weighted by Crippen LogP contribution is -2.36. The molecular weight excluding hydrogens is 226 g/mol. The first-order chi connectivity index (χ1) is 8.76. The summed E-state index contributed by atoms with van der Waals surface area (Å²) in [5, 5.41) is 22.9. The van der Waals surface area contributed by atoms with Crippen molar-refractivity contribution in [3.05, 3.63) is 29.8 Å². The lowest BCUT2D eigenvalue weighted by atomic mass is 9.99. The number of phenolic OH excluding ortho intramolecular Hbond substituents is 1. The van der Waals surface area contributed by atoms with E-state index >= 15 is 0 Å². The maximum atomic E-state index is 9.92. The van der Waals surface area contributed by atoms with E-state index in [-0.39, 0.29) is 12.6 Å². The van der Waals surface area contributed by atoms with Crippen molar-refractivity contribution in [3.63, 3.8) is 0 Å². The standard InChI is InChI=1S/C15H23NO2/c1-2-13(12-7-3-4-9-15(12)18)16-14-8-5-6-11(14)10-17/h3-4,7,9,11,13-14,16-18H,2,5-6,8,10H2,1H3. The topological polar surface area (TPSA) is 52.5 Å². The van der Waals surface area contributed by atoms with Gasteiger partial charge in [-0.15, -0.1) is 0 Å². The van der Waals surface area contributed by atoms with Gasteiger partial charge in [-0.1, -0.05) is 31.5 Å². The Balaban J connectivity index is 2.08. The molecule has 1 aliphatic carbocycles. The first kappa shape index (κ1) is 13.4. The average Bonchev–Trinajstić information content (AvgIpc) is 2.84. The highest BCUT2D eigenvalue weighted by Crippen LogP contribution is 2.31. The molecule has 1 aromatic rings. The number of benzene rings is 1. The van der Waals surface area contributed by atoms with E-state index in [0.717, 1.165) is 24.8 Å². The van der Waals surface area contributed by atoms with Crippen LogP contribution >= 0.6 is 0 Å². The highest BCUT2D eigenvalue weighted by Gasteiger charge is 2.28. The normalized spacial score (nSPS) is 25.2. The molecule has 0 bridgehead atoms. The van der Waals surface area contributed by atoms with Crippen LogP contribution in [-0.4, -0.2) is 22.9 Å². The molecule has 0 spiro atoms. The zero-order chi connectivity index (χ0) is 13.0. The summed E-state index contributed by atoms with van der Waals surface area (Å²) in [5.74, 6) is 0.723. The third-order valence-electron chi connectivity index (χ3n) is 4.03. The van der Waals surface area contributed by atoms with Crippen LogP contribution in [0.25, 0.3) is 0 Å². The van der Waals surface area contributed by atoms with Gasteiger partial charge in [0.25, 0.3) is 0 Å². The highest BCUT2D eigenvalue weighted by atomic mass is 16.3. The SMILES string of the molecule is CCC(NC1CCCC1CO)c1ccccc1O. The van der Waals surface area contributed by atoms with E-state index in [1.54, 1.807) is 6.07 Å². The largest absolute Gasteiger partial charge is 0.508 e. The van der Waals surface area contributed by atoms with Gasteiger partial charge >= 0.3 is 0 Å². The van der Waals surface area contributed by atoms with Gasteiger partial charge in [-0.3, -0.25) is 0 Å². The van der Waals surface area contributed by atoms with Gasteiger partial charge in [0, 0.05) is 24.3 Å². The van der Waals surface area contributed by atoms with Crippen LogP contribution in [0.5, 0.6) is 5.75 Å². The van der Waals surface area contributed by atoms with E-state index in [9.17, 15) is 10.2 Å². The number of hydrogen-bond donors (Lipinski definition) is 3. The molecule has 0 saturated heterocycles. The Bertz CT molecular complexity index is 381. The number of para-hydroxylation sites is 1. The van der Waals surface area contributed by atoms with Crippen LogP contribution in [0.15, 0.2) is 24.3 Å². The maximum Gasteiger partial charge on any atom is 0.120 e. The summed E-state index contributed by atoms with van der Waals surface area (Å²) in [5.41, 5.74) is 0.962. The fourth-order valence-corrected chi connectivity index (χ4v) is 2.94. The summed E-state index contributed by atoms with van der Waals surface area (Å²) in [7, 11) is 0. The summed E-state index contributed by atoms with van der Waals surface area (Å²) >= 11 is 0. The molecule has 3 N–H and O–H groups in total. The van der Waals surface area contributed by atoms with Crippen LogP contribution in [0.3, 0.4) is 0 Å². The molecule has 100 valence electrons. The number of nitrogens with one attached hydrogen (secondary N) is 1. The molecule has 0 aliphatic heterocycles. The van der Waals surface area contributed by atoms with Crippen LogP contribution in [-0.2, 0) is 0 Å². The first-order valence-corrected chi connectivity index (χ1v) is 6.91. The number of aliphatic hydroxyl groups excluding tert-OH is 1. The molecule has 1 saturated carbocycles. The van der Waals surface area contributed by atoms with Crippen molar-refractivity contribution < 1.29 is 10.2 Å².